The molecule has 0 aliphatic heterocycles. The molecule has 2 N–H and O–H groups in total. The maximum Gasteiger partial charge on any atom is 0.0825 e. The normalized spacial score (nSPS) is 26.8. The third-order valence-electron chi connectivity index (χ3n) is 2.83. The number of nitrogens with zero attached hydrogens (tertiary/aromatic N) is 2. The Balaban J connectivity index is 2.06. The van der Waals surface area contributed by atoms with Crippen LogP contribution in [0.25, 0.3) is 0 Å². The van der Waals surface area contributed by atoms with Crippen LogP contribution < -0.4 is 5.32 Å². The van der Waals surface area contributed by atoms with E-state index in [9.17, 15) is 5.11 Å². The minimum Gasteiger partial charge on any atom is -0.391 e. The van der Waals surface area contributed by atoms with Crippen molar-refractivity contribution in [2.75, 3.05) is 5.32 Å². The van der Waals surface area contributed by atoms with E-state index < -0.39 is 0 Å². The van der Waals surface area contributed by atoms with Crippen LogP contribution in [0.4, 0.5) is 5.69 Å². The Hall–Kier alpha value is -1.03. The first kappa shape index (κ1) is 9.52. The Morgan fingerprint density at radius 3 is 2.86 bits per heavy atom. The van der Waals surface area contributed by atoms with Crippen LogP contribution in [0.3, 0.4) is 0 Å². The highest BCUT2D eigenvalue weighted by Crippen LogP contribution is 2.23. The third kappa shape index (κ3) is 1.75. The topological polar surface area (TPSA) is 50.1 Å². The smallest absolute Gasteiger partial charge is 0.0825 e. The lowest BCUT2D eigenvalue weighted by molar-refractivity contribution is 0.172. The zero-order chi connectivity index (χ0) is 10.1. The van der Waals surface area contributed by atoms with E-state index in [0.29, 0.717) is 0 Å². The summed E-state index contributed by atoms with van der Waals surface area (Å²) >= 11 is 0. The van der Waals surface area contributed by atoms with Crippen LogP contribution in [-0.2, 0) is 7.05 Å². The first-order valence-electron chi connectivity index (χ1n) is 5.11. The SMILES string of the molecule is Cc1nn(C)cc1N[C@@H]1CCC[C@H]1O. The van der Waals surface area contributed by atoms with Gasteiger partial charge in [-0.2, -0.15) is 5.10 Å². The quantitative estimate of drug-likeness (QED) is 0.741. The predicted molar refractivity (Wildman–Crippen MR) is 55.2 cm³/mol. The van der Waals surface area contributed by atoms with E-state index in [1.54, 1.807) is 4.68 Å². The lowest BCUT2D eigenvalue weighted by Crippen LogP contribution is -2.27. The van der Waals surface area contributed by atoms with Crippen molar-refractivity contribution < 1.29 is 5.11 Å². The number of rotatable bonds is 2. The van der Waals surface area contributed by atoms with Gasteiger partial charge in [0.1, 0.15) is 0 Å². The molecule has 2 atom stereocenters. The molecular formula is C10H17N3O. The Morgan fingerprint density at radius 1 is 1.57 bits per heavy atom. The molecule has 1 aliphatic carbocycles. The van der Waals surface area contributed by atoms with E-state index in [2.05, 4.69) is 10.4 Å². The maximum atomic E-state index is 9.66. The van der Waals surface area contributed by atoms with Gasteiger partial charge in [-0.05, 0) is 26.2 Å². The molecule has 0 amide bonds. The van der Waals surface area contributed by atoms with E-state index in [1.807, 2.05) is 20.2 Å². The van der Waals surface area contributed by atoms with Crippen LogP contribution in [0.2, 0.25) is 0 Å². The summed E-state index contributed by atoms with van der Waals surface area (Å²) in [5.74, 6) is 0. The van der Waals surface area contributed by atoms with Gasteiger partial charge in [-0.3, -0.25) is 4.68 Å². The van der Waals surface area contributed by atoms with Crippen molar-refractivity contribution in [2.45, 2.75) is 38.3 Å². The van der Waals surface area contributed by atoms with Crippen molar-refractivity contribution >= 4 is 5.69 Å². The molecule has 78 valence electrons. The molecule has 1 aliphatic rings. The second-order valence-electron chi connectivity index (χ2n) is 4.05. The lowest BCUT2D eigenvalue weighted by atomic mass is 10.2. The Bertz CT molecular complexity index is 321. The van der Waals surface area contributed by atoms with Crippen LogP contribution in [0, 0.1) is 6.92 Å². The van der Waals surface area contributed by atoms with Crippen molar-refractivity contribution in [2.24, 2.45) is 7.05 Å². The van der Waals surface area contributed by atoms with E-state index in [-0.39, 0.29) is 12.1 Å². The van der Waals surface area contributed by atoms with Gasteiger partial charge in [-0.15, -0.1) is 0 Å². The molecule has 1 fully saturated rings. The van der Waals surface area contributed by atoms with Gasteiger partial charge in [0.25, 0.3) is 0 Å². The minimum absolute atomic E-state index is 0.199. The highest BCUT2D eigenvalue weighted by molar-refractivity contribution is 5.46. The molecule has 0 radical (unpaired) electrons. The van der Waals surface area contributed by atoms with Crippen LogP contribution in [0.1, 0.15) is 25.0 Å². The summed E-state index contributed by atoms with van der Waals surface area (Å²) in [6, 6.07) is 0.206. The summed E-state index contributed by atoms with van der Waals surface area (Å²) in [7, 11) is 1.91. The number of aromatic nitrogens is 2. The molecule has 1 aromatic rings. The molecule has 14 heavy (non-hydrogen) atoms. The van der Waals surface area contributed by atoms with Gasteiger partial charge in [0, 0.05) is 13.2 Å². The molecule has 0 saturated heterocycles. The molecule has 0 unspecified atom stereocenters. The van der Waals surface area contributed by atoms with Crippen molar-refractivity contribution in [3.63, 3.8) is 0 Å². The lowest BCUT2D eigenvalue weighted by Gasteiger charge is -2.16. The summed E-state index contributed by atoms with van der Waals surface area (Å²) in [5.41, 5.74) is 2.03. The first-order valence-corrected chi connectivity index (χ1v) is 5.11. The van der Waals surface area contributed by atoms with E-state index in [0.717, 1.165) is 30.6 Å². The average molecular weight is 195 g/mol. The summed E-state index contributed by atoms with van der Waals surface area (Å²) < 4.78 is 1.79. The molecule has 2 rings (SSSR count). The number of hydrogen-bond acceptors (Lipinski definition) is 3. The largest absolute Gasteiger partial charge is 0.391 e. The number of hydrogen-bond donors (Lipinski definition) is 2. The Morgan fingerprint density at radius 2 is 2.36 bits per heavy atom. The maximum absolute atomic E-state index is 9.66. The Labute approximate surface area is 83.9 Å². The van der Waals surface area contributed by atoms with Crippen LogP contribution >= 0.6 is 0 Å². The molecule has 1 heterocycles. The molecule has 4 nitrogen and oxygen atoms in total. The zero-order valence-electron chi connectivity index (χ0n) is 8.70. The fourth-order valence-corrected chi connectivity index (χ4v) is 2.05. The van der Waals surface area contributed by atoms with Crippen LogP contribution in [-0.4, -0.2) is 27.0 Å². The summed E-state index contributed by atoms with van der Waals surface area (Å²) in [5, 5.41) is 17.3. The molecular weight excluding hydrogens is 178 g/mol. The number of aryl methyl sites for hydroxylation is 2. The highest BCUT2D eigenvalue weighted by atomic mass is 16.3. The summed E-state index contributed by atoms with van der Waals surface area (Å²) in [6.45, 7) is 1.98. The summed E-state index contributed by atoms with van der Waals surface area (Å²) in [4.78, 5) is 0. The standard InChI is InChI=1S/C10H17N3O/c1-7-9(6-13(2)12-7)11-8-4-3-5-10(8)14/h6,8,10-11,14H,3-5H2,1-2H3/t8-,10-/m1/s1. The molecule has 1 aromatic heterocycles. The predicted octanol–water partition coefficient (Wildman–Crippen LogP) is 1.05. The van der Waals surface area contributed by atoms with Crippen molar-refractivity contribution in [3.8, 4) is 0 Å². The molecule has 0 aromatic carbocycles. The van der Waals surface area contributed by atoms with Gasteiger partial charge in [0.15, 0.2) is 0 Å². The second kappa shape index (κ2) is 3.61. The van der Waals surface area contributed by atoms with E-state index in [1.165, 1.54) is 0 Å². The van der Waals surface area contributed by atoms with Gasteiger partial charge in [-0.25, -0.2) is 0 Å². The van der Waals surface area contributed by atoms with Gasteiger partial charge in [0.2, 0.25) is 0 Å². The number of anilines is 1. The van der Waals surface area contributed by atoms with Gasteiger partial charge >= 0.3 is 0 Å². The number of aliphatic hydroxyl groups excluding tert-OH is 1. The van der Waals surface area contributed by atoms with Crippen molar-refractivity contribution in [3.05, 3.63) is 11.9 Å². The van der Waals surface area contributed by atoms with Crippen LogP contribution in [0.5, 0.6) is 0 Å². The molecule has 0 spiro atoms. The molecule has 1 saturated carbocycles. The Kier molecular flexibility index (Phi) is 2.46. The average Bonchev–Trinajstić information content (AvgIpc) is 2.62. The minimum atomic E-state index is -0.199. The summed E-state index contributed by atoms with van der Waals surface area (Å²) in [6.07, 6.45) is 4.83. The first-order chi connectivity index (χ1) is 6.66. The zero-order valence-corrected chi connectivity index (χ0v) is 8.70. The van der Waals surface area contributed by atoms with Gasteiger partial charge in [0.05, 0.1) is 23.5 Å². The van der Waals surface area contributed by atoms with E-state index >= 15 is 0 Å². The number of nitrogens with one attached hydrogen (secondary N) is 1. The van der Waals surface area contributed by atoms with Gasteiger partial charge < -0.3 is 10.4 Å². The van der Waals surface area contributed by atoms with Gasteiger partial charge in [-0.1, -0.05) is 0 Å². The van der Waals surface area contributed by atoms with E-state index in [4.69, 9.17) is 0 Å². The fraction of sp³-hybridized carbons (Fsp3) is 0.700. The molecule has 4 heteroatoms. The highest BCUT2D eigenvalue weighted by Gasteiger charge is 2.25. The third-order valence-corrected chi connectivity index (χ3v) is 2.83. The van der Waals surface area contributed by atoms with Crippen LogP contribution in [0.15, 0.2) is 6.20 Å². The molecule has 0 bridgehead atoms. The fourth-order valence-electron chi connectivity index (χ4n) is 2.05. The second-order valence-corrected chi connectivity index (χ2v) is 4.05. The monoisotopic (exact) mass is 195 g/mol. The number of aliphatic hydroxyl groups is 1. The van der Waals surface area contributed by atoms with Crippen molar-refractivity contribution in [1.82, 2.24) is 9.78 Å². The van der Waals surface area contributed by atoms with Crippen molar-refractivity contribution in [1.29, 1.82) is 0 Å².